The minimum atomic E-state index is -1.05. The first-order chi connectivity index (χ1) is 7.13. The summed E-state index contributed by atoms with van der Waals surface area (Å²) >= 11 is 0. The average molecular weight is 207 g/mol. The number of rotatable bonds is 2. The van der Waals surface area contributed by atoms with Crippen molar-refractivity contribution < 1.29 is 14.6 Å². The highest BCUT2D eigenvalue weighted by Crippen LogP contribution is 2.27. The second-order valence-corrected chi connectivity index (χ2v) is 2.97. The summed E-state index contributed by atoms with van der Waals surface area (Å²) in [5.41, 5.74) is 6.36. The van der Waals surface area contributed by atoms with Gasteiger partial charge in [0.15, 0.2) is 5.95 Å². The maximum absolute atomic E-state index is 10.9. The van der Waals surface area contributed by atoms with Gasteiger partial charge in [0.2, 0.25) is 0 Å². The molecular formula is C9H9N3O3. The second kappa shape index (κ2) is 3.16. The van der Waals surface area contributed by atoms with Gasteiger partial charge in [-0.2, -0.15) is 0 Å². The number of H-pyrrole nitrogens is 1. The van der Waals surface area contributed by atoms with Gasteiger partial charge in [0, 0.05) is 0 Å². The standard InChI is InChI=1S/C9H9N3O3/c1-15-5-3-2-4(8(13)14)6-7(5)12-9(10)11-6/h2-3H,1H3,(H,13,14)(H3,10,11,12). The molecule has 2 aromatic rings. The highest BCUT2D eigenvalue weighted by atomic mass is 16.5. The number of aromatic carboxylic acids is 1. The number of nitrogens with two attached hydrogens (primary N) is 1. The van der Waals surface area contributed by atoms with E-state index >= 15 is 0 Å². The summed E-state index contributed by atoms with van der Waals surface area (Å²) in [6, 6.07) is 2.99. The molecule has 0 fully saturated rings. The molecule has 0 atom stereocenters. The number of hydrogen-bond acceptors (Lipinski definition) is 4. The number of carboxylic acids is 1. The number of nitrogens with zero attached hydrogens (tertiary/aromatic N) is 1. The summed E-state index contributed by atoms with van der Waals surface area (Å²) in [6.07, 6.45) is 0. The van der Waals surface area contributed by atoms with E-state index in [9.17, 15) is 4.79 Å². The van der Waals surface area contributed by atoms with Crippen LogP contribution in [0.5, 0.6) is 5.75 Å². The molecule has 0 saturated heterocycles. The minimum Gasteiger partial charge on any atom is -0.494 e. The Kier molecular flexibility index (Phi) is 1.96. The van der Waals surface area contributed by atoms with Crippen LogP contribution < -0.4 is 10.5 Å². The Morgan fingerprint density at radius 1 is 1.60 bits per heavy atom. The van der Waals surface area contributed by atoms with Crippen LogP contribution in [0.2, 0.25) is 0 Å². The van der Waals surface area contributed by atoms with Crippen LogP contribution in [0, 0.1) is 0 Å². The molecule has 0 amide bonds. The summed E-state index contributed by atoms with van der Waals surface area (Å²) in [7, 11) is 1.49. The molecule has 0 aliphatic heterocycles. The van der Waals surface area contributed by atoms with Crippen LogP contribution in [-0.2, 0) is 0 Å². The molecule has 0 aliphatic rings. The Morgan fingerprint density at radius 3 is 2.93 bits per heavy atom. The summed E-state index contributed by atoms with van der Waals surface area (Å²) in [6.45, 7) is 0. The molecular weight excluding hydrogens is 198 g/mol. The van der Waals surface area contributed by atoms with Crippen LogP contribution in [0.15, 0.2) is 12.1 Å². The highest BCUT2D eigenvalue weighted by Gasteiger charge is 2.15. The second-order valence-electron chi connectivity index (χ2n) is 2.97. The van der Waals surface area contributed by atoms with Gasteiger partial charge >= 0.3 is 5.97 Å². The van der Waals surface area contributed by atoms with Crippen LogP contribution in [0.25, 0.3) is 11.0 Å². The van der Waals surface area contributed by atoms with E-state index in [1.165, 1.54) is 13.2 Å². The molecule has 78 valence electrons. The van der Waals surface area contributed by atoms with Gasteiger partial charge in [0.25, 0.3) is 0 Å². The monoisotopic (exact) mass is 207 g/mol. The lowest BCUT2D eigenvalue weighted by Crippen LogP contribution is -1.98. The minimum absolute atomic E-state index is 0.0961. The zero-order chi connectivity index (χ0) is 11.0. The third kappa shape index (κ3) is 1.35. The number of carboxylic acid groups (broad SMARTS) is 1. The number of aromatic nitrogens is 2. The molecule has 1 aromatic carbocycles. The zero-order valence-corrected chi connectivity index (χ0v) is 7.94. The van der Waals surface area contributed by atoms with E-state index < -0.39 is 5.97 Å². The van der Waals surface area contributed by atoms with Gasteiger partial charge in [-0.05, 0) is 12.1 Å². The fraction of sp³-hybridized carbons (Fsp3) is 0.111. The van der Waals surface area contributed by atoms with E-state index in [1.807, 2.05) is 0 Å². The highest BCUT2D eigenvalue weighted by molar-refractivity contribution is 6.03. The number of methoxy groups -OCH3 is 1. The van der Waals surface area contributed by atoms with Gasteiger partial charge in [-0.3, -0.25) is 0 Å². The van der Waals surface area contributed by atoms with Crippen LogP contribution in [-0.4, -0.2) is 28.2 Å². The van der Waals surface area contributed by atoms with Crippen molar-refractivity contribution in [3.05, 3.63) is 17.7 Å². The van der Waals surface area contributed by atoms with Gasteiger partial charge in [-0.15, -0.1) is 0 Å². The topological polar surface area (TPSA) is 101 Å². The molecule has 0 saturated carbocycles. The van der Waals surface area contributed by atoms with Crippen LogP contribution >= 0.6 is 0 Å². The fourth-order valence-corrected chi connectivity index (χ4v) is 1.43. The van der Waals surface area contributed by atoms with Crippen molar-refractivity contribution >= 4 is 23.0 Å². The number of nitrogen functional groups attached to an aromatic ring is 1. The lowest BCUT2D eigenvalue weighted by molar-refractivity contribution is 0.0699. The van der Waals surface area contributed by atoms with E-state index in [2.05, 4.69) is 9.97 Å². The maximum Gasteiger partial charge on any atom is 0.337 e. The van der Waals surface area contributed by atoms with Gasteiger partial charge < -0.3 is 20.6 Å². The number of nitrogens with one attached hydrogen (secondary N) is 1. The summed E-state index contributed by atoms with van der Waals surface area (Å²) in [4.78, 5) is 17.5. The summed E-state index contributed by atoms with van der Waals surface area (Å²) in [5.74, 6) is -0.370. The Balaban J connectivity index is 2.82. The molecule has 0 radical (unpaired) electrons. The van der Waals surface area contributed by atoms with Crippen molar-refractivity contribution in [2.75, 3.05) is 12.8 Å². The number of hydrogen-bond donors (Lipinski definition) is 3. The third-order valence-corrected chi connectivity index (χ3v) is 2.08. The number of imidazole rings is 1. The Hall–Kier alpha value is -2.24. The van der Waals surface area contributed by atoms with Crippen molar-refractivity contribution in [1.29, 1.82) is 0 Å². The van der Waals surface area contributed by atoms with Gasteiger partial charge in [-0.25, -0.2) is 9.78 Å². The van der Waals surface area contributed by atoms with E-state index in [-0.39, 0.29) is 11.5 Å². The number of benzene rings is 1. The molecule has 6 heteroatoms. The SMILES string of the molecule is COc1ccc(C(=O)O)c2nc(N)[nH]c12. The van der Waals surface area contributed by atoms with Crippen LogP contribution in [0.1, 0.15) is 10.4 Å². The predicted octanol–water partition coefficient (Wildman–Crippen LogP) is 0.852. The van der Waals surface area contributed by atoms with Crippen molar-refractivity contribution in [3.63, 3.8) is 0 Å². The van der Waals surface area contributed by atoms with Crippen molar-refractivity contribution in [1.82, 2.24) is 9.97 Å². The number of fused-ring (bicyclic) bond motifs is 1. The number of ether oxygens (including phenoxy) is 1. The molecule has 1 heterocycles. The van der Waals surface area contributed by atoms with Crippen molar-refractivity contribution in [2.45, 2.75) is 0 Å². The molecule has 0 spiro atoms. The third-order valence-electron chi connectivity index (χ3n) is 2.08. The molecule has 2 rings (SSSR count). The van der Waals surface area contributed by atoms with E-state index in [0.717, 1.165) is 0 Å². The quantitative estimate of drug-likeness (QED) is 0.677. The summed E-state index contributed by atoms with van der Waals surface area (Å²) in [5, 5.41) is 8.92. The smallest absolute Gasteiger partial charge is 0.337 e. The predicted molar refractivity (Wildman–Crippen MR) is 54.0 cm³/mol. The first kappa shape index (κ1) is 9.32. The van der Waals surface area contributed by atoms with Gasteiger partial charge in [-0.1, -0.05) is 0 Å². The average Bonchev–Trinajstić information content (AvgIpc) is 2.56. The van der Waals surface area contributed by atoms with Crippen LogP contribution in [0.4, 0.5) is 5.95 Å². The molecule has 0 aliphatic carbocycles. The Labute approximate surface area is 84.7 Å². The normalized spacial score (nSPS) is 10.5. The van der Waals surface area contributed by atoms with Crippen molar-refractivity contribution in [3.8, 4) is 5.75 Å². The van der Waals surface area contributed by atoms with E-state index in [4.69, 9.17) is 15.6 Å². The van der Waals surface area contributed by atoms with Crippen LogP contribution in [0.3, 0.4) is 0 Å². The van der Waals surface area contributed by atoms with Gasteiger partial charge in [0.1, 0.15) is 16.8 Å². The number of anilines is 1. The largest absolute Gasteiger partial charge is 0.494 e. The molecule has 6 nitrogen and oxygen atoms in total. The van der Waals surface area contributed by atoms with E-state index in [1.54, 1.807) is 6.07 Å². The molecule has 0 bridgehead atoms. The first-order valence-corrected chi connectivity index (χ1v) is 4.19. The van der Waals surface area contributed by atoms with E-state index in [0.29, 0.717) is 16.8 Å². The lowest BCUT2D eigenvalue weighted by Gasteiger charge is -2.02. The zero-order valence-electron chi connectivity index (χ0n) is 7.94. The Bertz CT molecular complexity index is 533. The molecule has 0 unspecified atom stereocenters. The lowest BCUT2D eigenvalue weighted by atomic mass is 10.2. The molecule has 15 heavy (non-hydrogen) atoms. The maximum atomic E-state index is 10.9. The number of carbonyl (C=O) groups is 1. The molecule has 1 aromatic heterocycles. The Morgan fingerprint density at radius 2 is 2.33 bits per heavy atom. The van der Waals surface area contributed by atoms with Crippen molar-refractivity contribution in [2.24, 2.45) is 0 Å². The number of aromatic amines is 1. The summed E-state index contributed by atoms with van der Waals surface area (Å²) < 4.78 is 5.06. The first-order valence-electron chi connectivity index (χ1n) is 4.19. The molecule has 4 N–H and O–H groups in total. The fourth-order valence-electron chi connectivity index (χ4n) is 1.43. The van der Waals surface area contributed by atoms with Gasteiger partial charge in [0.05, 0.1) is 12.7 Å².